The van der Waals surface area contributed by atoms with Crippen molar-refractivity contribution in [3.63, 3.8) is 0 Å². The van der Waals surface area contributed by atoms with E-state index in [2.05, 4.69) is 0 Å². The Balaban J connectivity index is 1.95. The average molecular weight is 441 g/mol. The van der Waals surface area contributed by atoms with E-state index in [0.717, 1.165) is 11.1 Å². The fourth-order valence-corrected chi connectivity index (χ4v) is 6.55. The number of halogens is 1. The number of benzene rings is 2. The lowest BCUT2D eigenvalue weighted by Gasteiger charge is -2.43. The van der Waals surface area contributed by atoms with Crippen LogP contribution in [0.15, 0.2) is 53.4 Å². The molecule has 0 spiro atoms. The highest BCUT2D eigenvalue weighted by atomic mass is 35.5. The number of carbonyl (C=O) groups is 1. The highest BCUT2D eigenvalue weighted by Gasteiger charge is 2.48. The van der Waals surface area contributed by atoms with Gasteiger partial charge in [0.05, 0.1) is 4.90 Å². The van der Waals surface area contributed by atoms with Gasteiger partial charge in [0, 0.05) is 22.1 Å². The Morgan fingerprint density at radius 3 is 2.21 bits per heavy atom. The Morgan fingerprint density at radius 2 is 1.68 bits per heavy atom. The second kappa shape index (κ2) is 8.04. The van der Waals surface area contributed by atoms with Gasteiger partial charge in [-0.3, -0.25) is 10.0 Å². The molecule has 0 bridgehead atoms. The summed E-state index contributed by atoms with van der Waals surface area (Å²) < 4.78 is 27.0. The molecular weight excluding hydrogens is 420 g/mol. The van der Waals surface area contributed by atoms with E-state index in [9.17, 15) is 13.2 Å². The molecule has 150 valence electrons. The Kier molecular flexibility index (Phi) is 6.07. The summed E-state index contributed by atoms with van der Waals surface area (Å²) in [4.78, 5) is 12.3. The Hall–Kier alpha value is -1.58. The van der Waals surface area contributed by atoms with Gasteiger partial charge >= 0.3 is 0 Å². The number of sulfonamides is 1. The average Bonchev–Trinajstić information content (AvgIpc) is 2.67. The van der Waals surface area contributed by atoms with Crippen LogP contribution in [0.3, 0.4) is 0 Å². The first kappa shape index (κ1) is 21.1. The van der Waals surface area contributed by atoms with Gasteiger partial charge < -0.3 is 0 Å². The highest BCUT2D eigenvalue weighted by molar-refractivity contribution is 8.00. The lowest BCUT2D eigenvalue weighted by molar-refractivity contribution is -0.134. The maximum absolute atomic E-state index is 13.2. The summed E-state index contributed by atoms with van der Waals surface area (Å²) in [5.74, 6) is -0.178. The molecule has 0 aliphatic carbocycles. The molecule has 0 saturated carbocycles. The smallest absolute Gasteiger partial charge is 0.263 e. The second-order valence-corrected chi connectivity index (χ2v) is 11.1. The molecule has 2 aromatic rings. The van der Waals surface area contributed by atoms with Gasteiger partial charge in [0.1, 0.15) is 6.04 Å². The van der Waals surface area contributed by atoms with Gasteiger partial charge in [0.25, 0.3) is 5.91 Å². The molecule has 0 unspecified atom stereocenters. The summed E-state index contributed by atoms with van der Waals surface area (Å²) in [6.07, 6.45) is 0. The van der Waals surface area contributed by atoms with Crippen molar-refractivity contribution in [1.29, 1.82) is 0 Å². The van der Waals surface area contributed by atoms with Crippen molar-refractivity contribution in [2.45, 2.75) is 29.5 Å². The predicted octanol–water partition coefficient (Wildman–Crippen LogP) is 3.40. The molecule has 1 aliphatic rings. The van der Waals surface area contributed by atoms with Crippen LogP contribution in [0.4, 0.5) is 0 Å². The molecule has 3 rings (SSSR count). The summed E-state index contributed by atoms with van der Waals surface area (Å²) in [7, 11) is -3.92. The van der Waals surface area contributed by atoms with Crippen LogP contribution in [-0.4, -0.2) is 46.9 Å². The summed E-state index contributed by atoms with van der Waals surface area (Å²) in [5, 5.41) is 9.74. The maximum Gasteiger partial charge on any atom is 0.263 e. The van der Waals surface area contributed by atoms with Crippen molar-refractivity contribution in [3.05, 3.63) is 53.6 Å². The third-order valence-electron chi connectivity index (χ3n) is 4.73. The minimum absolute atomic E-state index is 0.101. The number of hydroxylamine groups is 1. The van der Waals surface area contributed by atoms with E-state index in [-0.39, 0.29) is 11.4 Å². The number of thioether (sulfide) groups is 1. The maximum atomic E-state index is 13.2. The molecule has 0 radical (unpaired) electrons. The molecule has 9 heteroatoms. The van der Waals surface area contributed by atoms with Crippen molar-refractivity contribution < 1.29 is 18.4 Å². The molecule has 28 heavy (non-hydrogen) atoms. The van der Waals surface area contributed by atoms with Gasteiger partial charge in [-0.25, -0.2) is 13.9 Å². The summed E-state index contributed by atoms with van der Waals surface area (Å²) >= 11 is 7.41. The predicted molar refractivity (Wildman–Crippen MR) is 111 cm³/mol. The number of rotatable bonds is 4. The van der Waals surface area contributed by atoms with Crippen LogP contribution in [0, 0.1) is 0 Å². The second-order valence-electron chi connectivity index (χ2n) is 6.98. The van der Waals surface area contributed by atoms with Crippen LogP contribution in [0.25, 0.3) is 11.1 Å². The highest BCUT2D eigenvalue weighted by Crippen LogP contribution is 2.38. The first-order valence-corrected chi connectivity index (χ1v) is 11.4. The fourth-order valence-electron chi connectivity index (χ4n) is 3.32. The SMILES string of the molecule is CC1(C)SCCN(S(=O)(=O)c2ccc(-c3ccc(Cl)cc3)cc2)[C@H]1C(=O)NO. The molecular formula is C19H21ClN2O4S2. The van der Waals surface area contributed by atoms with Gasteiger partial charge in [0.2, 0.25) is 10.0 Å². The number of carbonyl (C=O) groups excluding carboxylic acids is 1. The van der Waals surface area contributed by atoms with E-state index >= 15 is 0 Å². The van der Waals surface area contributed by atoms with Gasteiger partial charge in [-0.15, -0.1) is 0 Å². The van der Waals surface area contributed by atoms with Crippen LogP contribution >= 0.6 is 23.4 Å². The number of hydrogen-bond acceptors (Lipinski definition) is 5. The zero-order valence-electron chi connectivity index (χ0n) is 15.4. The fraction of sp³-hybridized carbons (Fsp3) is 0.316. The van der Waals surface area contributed by atoms with Crippen LogP contribution in [0.2, 0.25) is 5.02 Å². The third-order valence-corrected chi connectivity index (χ3v) is 8.21. The molecule has 1 amide bonds. The zero-order chi connectivity index (χ0) is 20.5. The molecule has 1 aliphatic heterocycles. The Morgan fingerprint density at radius 1 is 1.14 bits per heavy atom. The molecule has 1 heterocycles. The van der Waals surface area contributed by atoms with E-state index in [1.807, 2.05) is 12.1 Å². The molecule has 6 nitrogen and oxygen atoms in total. The molecule has 1 fully saturated rings. The van der Waals surface area contributed by atoms with Gasteiger partial charge in [0.15, 0.2) is 0 Å². The summed E-state index contributed by atoms with van der Waals surface area (Å²) in [6.45, 7) is 3.78. The topological polar surface area (TPSA) is 86.7 Å². The largest absolute Gasteiger partial charge is 0.289 e. The van der Waals surface area contributed by atoms with Gasteiger partial charge in [-0.1, -0.05) is 35.9 Å². The number of amides is 1. The van der Waals surface area contributed by atoms with E-state index in [1.54, 1.807) is 43.6 Å². The normalized spacial score (nSPS) is 19.9. The molecule has 0 aromatic heterocycles. The first-order chi connectivity index (χ1) is 13.2. The quantitative estimate of drug-likeness (QED) is 0.562. The van der Waals surface area contributed by atoms with Crippen LogP contribution in [0.1, 0.15) is 13.8 Å². The molecule has 1 atom stereocenters. The van der Waals surface area contributed by atoms with Gasteiger partial charge in [-0.05, 0) is 49.2 Å². The Bertz CT molecular complexity index is 960. The standard InChI is InChI=1S/C19H21ClN2O4S2/c1-19(2)17(18(23)21-24)22(11-12-27-19)28(25,26)16-9-5-14(6-10-16)13-3-7-15(20)8-4-13/h3-10,17,24H,11-12H2,1-2H3,(H,21,23)/t17-/m0/s1. The molecule has 2 aromatic carbocycles. The number of nitrogens with zero attached hydrogens (tertiary/aromatic N) is 1. The minimum atomic E-state index is -3.92. The van der Waals surface area contributed by atoms with Crippen molar-refractivity contribution in [3.8, 4) is 11.1 Å². The minimum Gasteiger partial charge on any atom is -0.289 e. The van der Waals surface area contributed by atoms with Crippen molar-refractivity contribution in [2.75, 3.05) is 12.3 Å². The van der Waals surface area contributed by atoms with Crippen molar-refractivity contribution in [1.82, 2.24) is 9.79 Å². The van der Waals surface area contributed by atoms with Crippen LogP contribution in [0.5, 0.6) is 0 Å². The number of nitrogens with one attached hydrogen (secondary N) is 1. The molecule has 1 saturated heterocycles. The zero-order valence-corrected chi connectivity index (χ0v) is 17.8. The third kappa shape index (κ3) is 4.06. The van der Waals surface area contributed by atoms with E-state index in [1.165, 1.54) is 28.2 Å². The Labute approximate surface area is 173 Å². The van der Waals surface area contributed by atoms with Crippen LogP contribution in [-0.2, 0) is 14.8 Å². The van der Waals surface area contributed by atoms with Gasteiger partial charge in [-0.2, -0.15) is 16.1 Å². The molecule has 2 N–H and O–H groups in total. The van der Waals surface area contributed by atoms with E-state index in [0.29, 0.717) is 10.8 Å². The summed E-state index contributed by atoms with van der Waals surface area (Å²) in [5.41, 5.74) is 3.38. The van der Waals surface area contributed by atoms with Crippen molar-refractivity contribution in [2.24, 2.45) is 0 Å². The van der Waals surface area contributed by atoms with Crippen LogP contribution < -0.4 is 5.48 Å². The first-order valence-electron chi connectivity index (χ1n) is 8.62. The van der Waals surface area contributed by atoms with E-state index in [4.69, 9.17) is 16.8 Å². The van der Waals surface area contributed by atoms with E-state index < -0.39 is 26.7 Å². The lowest BCUT2D eigenvalue weighted by atomic mass is 10.0. The van der Waals surface area contributed by atoms with Crippen molar-refractivity contribution >= 4 is 39.3 Å². The lowest BCUT2D eigenvalue weighted by Crippen LogP contribution is -2.61. The number of hydrogen-bond donors (Lipinski definition) is 2. The summed E-state index contributed by atoms with van der Waals surface area (Å²) in [6, 6.07) is 12.7. The monoisotopic (exact) mass is 440 g/mol.